The Morgan fingerprint density at radius 2 is 1.45 bits per heavy atom. The van der Waals surface area contributed by atoms with E-state index in [9.17, 15) is 0 Å². The Kier molecular flexibility index (Phi) is 3.90. The van der Waals surface area contributed by atoms with Gasteiger partial charge >= 0.3 is 0 Å². The van der Waals surface area contributed by atoms with E-state index in [1.54, 1.807) is 0 Å². The predicted molar refractivity (Wildman–Crippen MR) is 88.1 cm³/mol. The van der Waals surface area contributed by atoms with Crippen LogP contribution in [0.4, 0.5) is 0 Å². The van der Waals surface area contributed by atoms with E-state index >= 15 is 0 Å². The number of rotatable bonds is 2. The van der Waals surface area contributed by atoms with E-state index < -0.39 is 0 Å². The average molecular weight is 269 g/mol. The van der Waals surface area contributed by atoms with Crippen molar-refractivity contribution in [3.05, 3.63) is 41.6 Å². The van der Waals surface area contributed by atoms with Gasteiger partial charge < -0.3 is 0 Å². The van der Waals surface area contributed by atoms with Crippen LogP contribution in [0.3, 0.4) is 0 Å². The van der Waals surface area contributed by atoms with Crippen molar-refractivity contribution in [3.63, 3.8) is 0 Å². The minimum absolute atomic E-state index is 0.285. The molecule has 0 bridgehead atoms. The molecule has 0 atom stereocenters. The molecule has 1 heterocycles. The first kappa shape index (κ1) is 15.0. The van der Waals surface area contributed by atoms with Crippen LogP contribution in [-0.4, -0.2) is 4.98 Å². The van der Waals surface area contributed by atoms with Gasteiger partial charge in [0.2, 0.25) is 0 Å². The normalized spacial score (nSPS) is 12.9. The minimum atomic E-state index is 0.285. The Morgan fingerprint density at radius 1 is 0.800 bits per heavy atom. The van der Waals surface area contributed by atoms with Gasteiger partial charge in [0, 0.05) is 11.1 Å². The Labute approximate surface area is 123 Å². The molecule has 0 saturated carbocycles. The number of pyridine rings is 1. The summed E-state index contributed by atoms with van der Waals surface area (Å²) in [6, 6.07) is 11.1. The number of fused-ring (bicyclic) bond motifs is 1. The zero-order chi connectivity index (χ0) is 15.0. The fourth-order valence-electron chi connectivity index (χ4n) is 2.58. The smallest absolute Gasteiger partial charge is 0.0705 e. The summed E-state index contributed by atoms with van der Waals surface area (Å²) in [5.41, 5.74) is 4.31. The molecule has 0 spiro atoms. The van der Waals surface area contributed by atoms with Gasteiger partial charge in [-0.25, -0.2) is 0 Å². The van der Waals surface area contributed by atoms with Crippen LogP contribution in [0.2, 0.25) is 0 Å². The van der Waals surface area contributed by atoms with Crippen molar-refractivity contribution in [1.29, 1.82) is 0 Å². The summed E-state index contributed by atoms with van der Waals surface area (Å²) in [7, 11) is 0. The molecule has 1 heteroatoms. The molecule has 0 aliphatic rings. The molecule has 20 heavy (non-hydrogen) atoms. The highest BCUT2D eigenvalue weighted by Gasteiger charge is 2.14. The second kappa shape index (κ2) is 5.20. The van der Waals surface area contributed by atoms with Crippen molar-refractivity contribution in [2.75, 3.05) is 0 Å². The van der Waals surface area contributed by atoms with Crippen molar-refractivity contribution in [3.8, 4) is 0 Å². The Hall–Kier alpha value is -1.37. The molecule has 108 valence electrons. The van der Waals surface area contributed by atoms with Gasteiger partial charge in [0.1, 0.15) is 0 Å². The van der Waals surface area contributed by atoms with Crippen LogP contribution < -0.4 is 0 Å². The van der Waals surface area contributed by atoms with E-state index in [4.69, 9.17) is 4.98 Å². The van der Waals surface area contributed by atoms with Gasteiger partial charge in [0.25, 0.3) is 0 Å². The van der Waals surface area contributed by atoms with Gasteiger partial charge in [-0.3, -0.25) is 4.98 Å². The van der Waals surface area contributed by atoms with Crippen molar-refractivity contribution in [1.82, 2.24) is 4.98 Å². The van der Waals surface area contributed by atoms with E-state index in [1.807, 2.05) is 0 Å². The van der Waals surface area contributed by atoms with Crippen LogP contribution in [0.5, 0.6) is 0 Å². The standard InChI is InChI=1S/C19H27N/c1-18(2,3)12-14-7-10-17-15(11-14)8-9-16(20-17)13-19(4,5)6/h7-11H,12-13H2,1-6H3. The van der Waals surface area contributed by atoms with Crippen molar-refractivity contribution in [2.45, 2.75) is 54.4 Å². The third-order valence-electron chi connectivity index (χ3n) is 3.26. The Balaban J connectivity index is 2.30. The number of aromatic nitrogens is 1. The summed E-state index contributed by atoms with van der Waals surface area (Å²) in [5.74, 6) is 0. The summed E-state index contributed by atoms with van der Waals surface area (Å²) in [6.45, 7) is 13.6. The van der Waals surface area contributed by atoms with Crippen molar-refractivity contribution in [2.24, 2.45) is 10.8 Å². The highest BCUT2D eigenvalue weighted by Crippen LogP contribution is 2.25. The Bertz CT molecular complexity index is 542. The maximum Gasteiger partial charge on any atom is 0.0705 e. The average Bonchev–Trinajstić information content (AvgIpc) is 2.25. The largest absolute Gasteiger partial charge is 0.253 e. The first-order valence-electron chi connectivity index (χ1n) is 7.51. The molecule has 1 aromatic carbocycles. The molecule has 0 N–H and O–H groups in total. The molecule has 0 amide bonds. The Morgan fingerprint density at radius 3 is 2.05 bits per heavy atom. The molecular weight excluding hydrogens is 242 g/mol. The summed E-state index contributed by atoms with van der Waals surface area (Å²) in [6.07, 6.45) is 2.12. The quantitative estimate of drug-likeness (QED) is 0.710. The lowest BCUT2D eigenvalue weighted by Gasteiger charge is -2.19. The third-order valence-corrected chi connectivity index (χ3v) is 3.26. The number of hydrogen-bond donors (Lipinski definition) is 0. The van der Waals surface area contributed by atoms with E-state index in [-0.39, 0.29) is 5.41 Å². The van der Waals surface area contributed by atoms with Crippen LogP contribution in [0, 0.1) is 10.8 Å². The summed E-state index contributed by atoms with van der Waals surface area (Å²) < 4.78 is 0. The number of nitrogens with zero attached hydrogens (tertiary/aromatic N) is 1. The topological polar surface area (TPSA) is 12.9 Å². The third kappa shape index (κ3) is 4.33. The van der Waals surface area contributed by atoms with Gasteiger partial charge in [-0.15, -0.1) is 0 Å². The summed E-state index contributed by atoms with van der Waals surface area (Å²) >= 11 is 0. The van der Waals surface area contributed by atoms with Gasteiger partial charge in [-0.2, -0.15) is 0 Å². The van der Waals surface area contributed by atoms with Crippen LogP contribution in [0.15, 0.2) is 30.3 Å². The van der Waals surface area contributed by atoms with Gasteiger partial charge in [0.15, 0.2) is 0 Å². The fourth-order valence-corrected chi connectivity index (χ4v) is 2.58. The van der Waals surface area contributed by atoms with Gasteiger partial charge in [0.05, 0.1) is 5.52 Å². The second-order valence-electron chi connectivity index (χ2n) is 8.30. The van der Waals surface area contributed by atoms with Crippen LogP contribution in [-0.2, 0) is 12.8 Å². The molecule has 2 aromatic rings. The molecule has 0 aliphatic heterocycles. The monoisotopic (exact) mass is 269 g/mol. The van der Waals surface area contributed by atoms with Crippen molar-refractivity contribution < 1.29 is 0 Å². The lowest BCUT2D eigenvalue weighted by Crippen LogP contribution is -2.10. The van der Waals surface area contributed by atoms with Crippen LogP contribution in [0.1, 0.15) is 52.8 Å². The number of benzene rings is 1. The van der Waals surface area contributed by atoms with Crippen LogP contribution in [0.25, 0.3) is 10.9 Å². The first-order chi connectivity index (χ1) is 9.12. The fraction of sp³-hybridized carbons (Fsp3) is 0.526. The molecule has 0 radical (unpaired) electrons. The molecule has 0 aliphatic carbocycles. The second-order valence-corrected chi connectivity index (χ2v) is 8.30. The minimum Gasteiger partial charge on any atom is -0.253 e. The molecule has 0 fully saturated rings. The first-order valence-corrected chi connectivity index (χ1v) is 7.51. The molecular formula is C19H27N. The molecule has 1 aromatic heterocycles. The van der Waals surface area contributed by atoms with Gasteiger partial charge in [-0.1, -0.05) is 53.7 Å². The maximum absolute atomic E-state index is 4.80. The highest BCUT2D eigenvalue weighted by atomic mass is 14.7. The molecule has 0 saturated heterocycles. The van der Waals surface area contributed by atoms with E-state index in [2.05, 4.69) is 71.9 Å². The summed E-state index contributed by atoms with van der Waals surface area (Å²) in [5, 5.41) is 1.25. The molecule has 2 rings (SSSR count). The van der Waals surface area contributed by atoms with E-state index in [0.717, 1.165) is 18.4 Å². The van der Waals surface area contributed by atoms with E-state index in [1.165, 1.54) is 16.6 Å². The number of hydrogen-bond acceptors (Lipinski definition) is 1. The zero-order valence-electron chi connectivity index (χ0n) is 13.7. The van der Waals surface area contributed by atoms with E-state index in [0.29, 0.717) is 5.41 Å². The lowest BCUT2D eigenvalue weighted by atomic mass is 9.87. The molecule has 1 nitrogen and oxygen atoms in total. The van der Waals surface area contributed by atoms with Gasteiger partial charge in [-0.05, 0) is 47.4 Å². The predicted octanol–water partition coefficient (Wildman–Crippen LogP) is 5.41. The zero-order valence-corrected chi connectivity index (χ0v) is 13.7. The van der Waals surface area contributed by atoms with Crippen LogP contribution >= 0.6 is 0 Å². The maximum atomic E-state index is 4.80. The summed E-state index contributed by atoms with van der Waals surface area (Å²) in [4.78, 5) is 4.80. The lowest BCUT2D eigenvalue weighted by molar-refractivity contribution is 0.406. The van der Waals surface area contributed by atoms with Crippen molar-refractivity contribution >= 4 is 10.9 Å². The SMILES string of the molecule is CC(C)(C)Cc1ccc2nc(CC(C)(C)C)ccc2c1. The highest BCUT2D eigenvalue weighted by molar-refractivity contribution is 5.79. The molecule has 0 unspecified atom stereocenters.